The number of amides is 2. The third-order valence-electron chi connectivity index (χ3n) is 5.25. The molecule has 0 radical (unpaired) electrons. The summed E-state index contributed by atoms with van der Waals surface area (Å²) in [6, 6.07) is 13.0. The number of aromatic nitrogens is 2. The van der Waals surface area contributed by atoms with Gasteiger partial charge in [-0.25, -0.2) is 9.18 Å². The molecule has 0 bridgehead atoms. The zero-order valence-electron chi connectivity index (χ0n) is 17.6. The van der Waals surface area contributed by atoms with E-state index in [2.05, 4.69) is 15.5 Å². The molecule has 0 aliphatic carbocycles. The first-order valence-electron chi connectivity index (χ1n) is 9.92. The molecule has 0 fully saturated rings. The Morgan fingerprint density at radius 1 is 1.19 bits per heavy atom. The average molecular weight is 422 g/mol. The minimum Gasteiger partial charge on any atom is -0.383 e. The fourth-order valence-electron chi connectivity index (χ4n) is 3.65. The van der Waals surface area contributed by atoms with Gasteiger partial charge in [-0.2, -0.15) is 4.98 Å². The molecule has 1 aliphatic heterocycles. The molecule has 1 unspecified atom stereocenters. The van der Waals surface area contributed by atoms with Gasteiger partial charge in [0.25, 0.3) is 5.89 Å². The van der Waals surface area contributed by atoms with E-state index < -0.39 is 6.04 Å². The maximum Gasteiger partial charge on any atom is 0.322 e. The van der Waals surface area contributed by atoms with Crippen LogP contribution in [0, 0.1) is 12.7 Å². The van der Waals surface area contributed by atoms with Crippen LogP contribution in [0.2, 0.25) is 0 Å². The summed E-state index contributed by atoms with van der Waals surface area (Å²) >= 11 is 0. The number of nitrogens with zero attached hydrogens (tertiary/aromatic N) is 3. The zero-order valence-corrected chi connectivity index (χ0v) is 17.6. The van der Waals surface area contributed by atoms with Gasteiger partial charge in [0, 0.05) is 18.4 Å². The molecule has 0 spiro atoms. The van der Waals surface area contributed by atoms with Crippen molar-refractivity contribution in [2.24, 2.45) is 0 Å². The molecule has 1 N–H and O–H groups in total. The summed E-state index contributed by atoms with van der Waals surface area (Å²) in [5.74, 6) is 0.400. The number of rotatable bonds is 6. The Kier molecular flexibility index (Phi) is 5.81. The second kappa shape index (κ2) is 8.69. The van der Waals surface area contributed by atoms with Crippen LogP contribution in [-0.4, -0.2) is 41.3 Å². The number of carbonyl (C=O) groups is 1. The van der Waals surface area contributed by atoms with Crippen LogP contribution in [-0.2, 0) is 4.74 Å². The van der Waals surface area contributed by atoms with E-state index in [0.29, 0.717) is 41.7 Å². The first kappa shape index (κ1) is 20.7. The number of ether oxygens (including phenoxy) is 1. The van der Waals surface area contributed by atoms with Crippen molar-refractivity contribution in [1.82, 2.24) is 20.4 Å². The second-order valence-corrected chi connectivity index (χ2v) is 7.37. The van der Waals surface area contributed by atoms with Gasteiger partial charge in [-0.3, -0.25) is 4.90 Å². The number of benzene rings is 2. The first-order chi connectivity index (χ1) is 15.0. The highest BCUT2D eigenvalue weighted by molar-refractivity contribution is 5.86. The number of urea groups is 1. The van der Waals surface area contributed by atoms with Crippen molar-refractivity contribution < 1.29 is 18.4 Å². The van der Waals surface area contributed by atoms with E-state index in [9.17, 15) is 9.18 Å². The van der Waals surface area contributed by atoms with Crippen LogP contribution in [0.4, 0.5) is 9.18 Å². The topological polar surface area (TPSA) is 80.5 Å². The summed E-state index contributed by atoms with van der Waals surface area (Å²) in [7, 11) is 1.58. The van der Waals surface area contributed by atoms with Crippen LogP contribution >= 0.6 is 0 Å². The molecule has 2 heterocycles. The standard InChI is InChI=1S/C23H23FN4O3/c1-14-5-4-6-17(13-14)21-26-22(31-27-21)19-15(2)28(11-12-30-3)23(29)25-20(19)16-7-9-18(24)10-8-16/h4-10,13,20H,11-12H2,1-3H3,(H,25,29). The van der Waals surface area contributed by atoms with Gasteiger partial charge in [-0.15, -0.1) is 0 Å². The van der Waals surface area contributed by atoms with Gasteiger partial charge in [0.2, 0.25) is 5.82 Å². The number of carbonyl (C=O) groups excluding carboxylic acids is 1. The molecule has 2 aromatic carbocycles. The van der Waals surface area contributed by atoms with Crippen molar-refractivity contribution in [1.29, 1.82) is 0 Å². The third-order valence-corrected chi connectivity index (χ3v) is 5.25. The van der Waals surface area contributed by atoms with E-state index in [0.717, 1.165) is 11.1 Å². The quantitative estimate of drug-likeness (QED) is 0.640. The average Bonchev–Trinajstić information content (AvgIpc) is 3.23. The Balaban J connectivity index is 1.80. The van der Waals surface area contributed by atoms with Crippen molar-refractivity contribution in [3.05, 3.63) is 77.1 Å². The second-order valence-electron chi connectivity index (χ2n) is 7.37. The van der Waals surface area contributed by atoms with Crippen LogP contribution in [0.1, 0.15) is 30.0 Å². The molecule has 8 heteroatoms. The molecule has 160 valence electrons. The van der Waals surface area contributed by atoms with Crippen LogP contribution in [0.25, 0.3) is 17.0 Å². The maximum absolute atomic E-state index is 13.5. The zero-order chi connectivity index (χ0) is 22.0. The summed E-state index contributed by atoms with van der Waals surface area (Å²) in [5.41, 5.74) is 3.97. The Labute approximate surface area is 179 Å². The van der Waals surface area contributed by atoms with Crippen molar-refractivity contribution in [2.45, 2.75) is 19.9 Å². The number of nitrogens with one attached hydrogen (secondary N) is 1. The largest absolute Gasteiger partial charge is 0.383 e. The van der Waals surface area contributed by atoms with Crippen molar-refractivity contribution in [3.8, 4) is 11.4 Å². The van der Waals surface area contributed by atoms with Gasteiger partial charge in [-0.1, -0.05) is 41.1 Å². The van der Waals surface area contributed by atoms with Crippen LogP contribution in [0.5, 0.6) is 0 Å². The van der Waals surface area contributed by atoms with Gasteiger partial charge in [0.15, 0.2) is 0 Å². The summed E-state index contributed by atoms with van der Waals surface area (Å²) in [6.45, 7) is 4.56. The van der Waals surface area contributed by atoms with E-state index in [-0.39, 0.29) is 11.8 Å². The van der Waals surface area contributed by atoms with E-state index in [1.54, 1.807) is 24.1 Å². The van der Waals surface area contributed by atoms with E-state index >= 15 is 0 Å². The van der Waals surface area contributed by atoms with E-state index in [4.69, 9.17) is 9.26 Å². The van der Waals surface area contributed by atoms with Gasteiger partial charge >= 0.3 is 6.03 Å². The lowest BCUT2D eigenvalue weighted by molar-refractivity contribution is 0.158. The van der Waals surface area contributed by atoms with Crippen molar-refractivity contribution >= 4 is 11.6 Å². The lowest BCUT2D eigenvalue weighted by Gasteiger charge is -2.35. The number of methoxy groups -OCH3 is 1. The lowest BCUT2D eigenvalue weighted by atomic mass is 9.94. The van der Waals surface area contributed by atoms with Gasteiger partial charge < -0.3 is 14.6 Å². The lowest BCUT2D eigenvalue weighted by Crippen LogP contribution is -2.47. The molecule has 0 saturated heterocycles. The third kappa shape index (κ3) is 4.20. The molecule has 7 nitrogen and oxygen atoms in total. The predicted octanol–water partition coefficient (Wildman–Crippen LogP) is 4.33. The first-order valence-corrected chi connectivity index (χ1v) is 9.92. The minimum atomic E-state index is -0.558. The fourth-order valence-corrected chi connectivity index (χ4v) is 3.65. The molecular weight excluding hydrogens is 399 g/mol. The smallest absolute Gasteiger partial charge is 0.322 e. The maximum atomic E-state index is 13.5. The molecule has 31 heavy (non-hydrogen) atoms. The number of aryl methyl sites for hydroxylation is 1. The number of hydrogen-bond acceptors (Lipinski definition) is 5. The predicted molar refractivity (Wildman–Crippen MR) is 113 cm³/mol. The molecule has 1 atom stereocenters. The monoisotopic (exact) mass is 422 g/mol. The number of halogens is 1. The number of hydrogen-bond donors (Lipinski definition) is 1. The van der Waals surface area contributed by atoms with Crippen LogP contribution in [0.15, 0.2) is 58.8 Å². The molecular formula is C23H23FN4O3. The Hall–Kier alpha value is -3.52. The highest BCUT2D eigenvalue weighted by Crippen LogP contribution is 2.37. The van der Waals surface area contributed by atoms with Gasteiger partial charge in [0.05, 0.1) is 24.8 Å². The molecule has 1 aromatic heterocycles. The minimum absolute atomic E-state index is 0.272. The van der Waals surface area contributed by atoms with Crippen molar-refractivity contribution in [3.63, 3.8) is 0 Å². The Morgan fingerprint density at radius 3 is 2.68 bits per heavy atom. The summed E-state index contributed by atoms with van der Waals surface area (Å²) in [5, 5.41) is 7.12. The van der Waals surface area contributed by atoms with Crippen molar-refractivity contribution in [2.75, 3.05) is 20.3 Å². The fraction of sp³-hybridized carbons (Fsp3) is 0.261. The van der Waals surface area contributed by atoms with Gasteiger partial charge in [0.1, 0.15) is 5.82 Å². The summed E-state index contributed by atoms with van der Waals surface area (Å²) in [6.07, 6.45) is 0. The van der Waals surface area contributed by atoms with E-state index in [1.165, 1.54) is 12.1 Å². The summed E-state index contributed by atoms with van der Waals surface area (Å²) in [4.78, 5) is 19.0. The number of allylic oxidation sites excluding steroid dienone is 1. The van der Waals surface area contributed by atoms with Gasteiger partial charge in [-0.05, 0) is 37.6 Å². The SMILES string of the molecule is COCCN1C(=O)NC(c2ccc(F)cc2)C(c2nc(-c3cccc(C)c3)no2)=C1C. The highest BCUT2D eigenvalue weighted by Gasteiger charge is 2.35. The highest BCUT2D eigenvalue weighted by atomic mass is 19.1. The molecule has 2 amide bonds. The Morgan fingerprint density at radius 2 is 1.97 bits per heavy atom. The van der Waals surface area contributed by atoms with Crippen LogP contribution in [0.3, 0.4) is 0 Å². The molecule has 4 rings (SSSR count). The Bertz CT molecular complexity index is 1120. The summed E-state index contributed by atoms with van der Waals surface area (Å²) < 4.78 is 24.3. The molecule has 1 aliphatic rings. The molecule has 0 saturated carbocycles. The molecule has 3 aromatic rings. The normalized spacial score (nSPS) is 16.6. The van der Waals surface area contributed by atoms with Crippen LogP contribution < -0.4 is 5.32 Å². The van der Waals surface area contributed by atoms with E-state index in [1.807, 2.05) is 38.1 Å².